The molecule has 1 heterocycles. The summed E-state index contributed by atoms with van der Waals surface area (Å²) in [4.78, 5) is 42.8. The van der Waals surface area contributed by atoms with Gasteiger partial charge in [-0.25, -0.2) is 36.6 Å². The number of carboxylic acid groups (broad SMARTS) is 1. The number of alkyl halides is 2. The maximum Gasteiger partial charge on any atom is 0.354 e. The van der Waals surface area contributed by atoms with Crippen LogP contribution in [0.25, 0.3) is 16.5 Å². The molecule has 2 atom stereocenters. The lowest BCUT2D eigenvalue weighted by atomic mass is 9.77. The number of hydrogen-bond donors (Lipinski definition) is 1. The fraction of sp³-hybridized carbons (Fsp3) is 0.333. The SMILES string of the molecule is C#CCN(Cc1cc2c(=O)n(COC(=O)C(C)(C)C)c(C)nc2cc1C)C1(F)C(c2ccccc2)=C(F)C(F)=C(F)C1(F)C(=O)O. The predicted molar refractivity (Wildman–Crippen MR) is 159 cm³/mol. The Hall–Kier alpha value is -4.83. The van der Waals surface area contributed by atoms with Gasteiger partial charge in [0.15, 0.2) is 24.2 Å². The lowest BCUT2D eigenvalue weighted by Crippen LogP contribution is -2.65. The van der Waals surface area contributed by atoms with Gasteiger partial charge in [0, 0.05) is 6.54 Å². The second-order valence-electron chi connectivity index (χ2n) is 11.8. The quantitative estimate of drug-likeness (QED) is 0.139. The normalized spacial score (nSPS) is 20.3. The summed E-state index contributed by atoms with van der Waals surface area (Å²) in [5.41, 5.74) is -7.62. The minimum Gasteiger partial charge on any atom is -0.478 e. The van der Waals surface area contributed by atoms with Gasteiger partial charge in [0.05, 0.1) is 28.4 Å². The van der Waals surface area contributed by atoms with Crippen molar-refractivity contribution in [1.29, 1.82) is 0 Å². The molecule has 0 radical (unpaired) electrons. The number of esters is 1. The Morgan fingerprint density at radius 3 is 2.28 bits per heavy atom. The number of carbonyl (C=O) groups is 2. The van der Waals surface area contributed by atoms with Gasteiger partial charge in [0.1, 0.15) is 5.82 Å². The van der Waals surface area contributed by atoms with Gasteiger partial charge in [0.25, 0.3) is 5.56 Å². The molecule has 1 N–H and O–H groups in total. The first-order valence-electron chi connectivity index (χ1n) is 13.9. The molecule has 13 heteroatoms. The van der Waals surface area contributed by atoms with Crippen molar-refractivity contribution >= 4 is 28.4 Å². The van der Waals surface area contributed by atoms with E-state index in [-0.39, 0.29) is 22.3 Å². The fourth-order valence-electron chi connectivity index (χ4n) is 5.13. The molecule has 1 aliphatic carbocycles. The highest BCUT2D eigenvalue weighted by Crippen LogP contribution is 2.56. The number of halogens is 5. The summed E-state index contributed by atoms with van der Waals surface area (Å²) in [5, 5.41) is 9.76. The third-order valence-electron chi connectivity index (χ3n) is 7.67. The van der Waals surface area contributed by atoms with E-state index in [0.717, 1.165) is 16.7 Å². The molecule has 4 rings (SSSR count). The van der Waals surface area contributed by atoms with Crippen LogP contribution in [0.5, 0.6) is 0 Å². The molecule has 242 valence electrons. The third-order valence-corrected chi connectivity index (χ3v) is 7.67. The minimum atomic E-state index is -4.79. The molecular formula is C33H30F5N3O5. The smallest absolute Gasteiger partial charge is 0.354 e. The van der Waals surface area contributed by atoms with Crippen LogP contribution in [-0.4, -0.2) is 49.5 Å². The summed E-state index contributed by atoms with van der Waals surface area (Å²) in [6.07, 6.45) is 5.45. The molecule has 1 aliphatic rings. The molecule has 0 aliphatic heterocycles. The van der Waals surface area contributed by atoms with E-state index < -0.39 is 82.8 Å². The summed E-state index contributed by atoms with van der Waals surface area (Å²) in [6.45, 7) is 5.73. The second kappa shape index (κ2) is 12.2. The average molecular weight is 644 g/mol. The zero-order chi connectivity index (χ0) is 34.4. The fourth-order valence-corrected chi connectivity index (χ4v) is 5.13. The maximum absolute atomic E-state index is 17.6. The highest BCUT2D eigenvalue weighted by atomic mass is 19.2. The molecule has 46 heavy (non-hydrogen) atoms. The number of aryl methyl sites for hydroxylation is 2. The summed E-state index contributed by atoms with van der Waals surface area (Å²) in [5.74, 6) is -12.8. The monoisotopic (exact) mass is 643 g/mol. The van der Waals surface area contributed by atoms with Crippen LogP contribution in [0.15, 0.2) is 64.7 Å². The first-order valence-corrected chi connectivity index (χ1v) is 13.9. The van der Waals surface area contributed by atoms with Crippen molar-refractivity contribution in [1.82, 2.24) is 14.5 Å². The molecule has 0 saturated carbocycles. The largest absolute Gasteiger partial charge is 0.478 e. The Labute approximate surface area is 260 Å². The van der Waals surface area contributed by atoms with Gasteiger partial charge in [-0.15, -0.1) is 6.42 Å². The molecule has 3 aromatic rings. The Morgan fingerprint density at radius 2 is 1.72 bits per heavy atom. The van der Waals surface area contributed by atoms with Gasteiger partial charge in [-0.1, -0.05) is 36.3 Å². The Kier molecular flexibility index (Phi) is 9.01. The standard InChI is InChI=1S/C33H30F5N3O5/c1-7-13-40(33(38)24(20-11-9-8-10-12-20)25(34)26(35)27(36)32(33,37)29(43)44)16-21-15-22-23(14-18(21)2)39-19(3)41(28(22)42)17-46-30(45)31(4,5)6/h1,8-12,14-15H,13,16-17H2,2-6H3,(H,43,44). The summed E-state index contributed by atoms with van der Waals surface area (Å²) < 4.78 is 85.8. The van der Waals surface area contributed by atoms with Crippen molar-refractivity contribution in [2.45, 2.75) is 59.4 Å². The lowest BCUT2D eigenvalue weighted by molar-refractivity contribution is -0.171. The molecule has 0 bridgehead atoms. The number of hydrogen-bond acceptors (Lipinski definition) is 6. The number of benzene rings is 2. The van der Waals surface area contributed by atoms with E-state index in [1.54, 1.807) is 20.8 Å². The van der Waals surface area contributed by atoms with Crippen molar-refractivity contribution in [2.24, 2.45) is 5.41 Å². The van der Waals surface area contributed by atoms with E-state index in [4.69, 9.17) is 11.2 Å². The zero-order valence-corrected chi connectivity index (χ0v) is 25.6. The van der Waals surface area contributed by atoms with Crippen molar-refractivity contribution < 1.29 is 41.4 Å². The molecule has 0 spiro atoms. The van der Waals surface area contributed by atoms with E-state index in [1.807, 2.05) is 5.92 Å². The molecule has 0 fully saturated rings. The van der Waals surface area contributed by atoms with Crippen molar-refractivity contribution in [3.8, 4) is 12.3 Å². The van der Waals surface area contributed by atoms with Gasteiger partial charge in [0.2, 0.25) is 5.79 Å². The summed E-state index contributed by atoms with van der Waals surface area (Å²) >= 11 is 0. The summed E-state index contributed by atoms with van der Waals surface area (Å²) in [7, 11) is 0. The van der Waals surface area contributed by atoms with Crippen molar-refractivity contribution in [3.63, 3.8) is 0 Å². The maximum atomic E-state index is 17.6. The predicted octanol–water partition coefficient (Wildman–Crippen LogP) is 6.00. The van der Waals surface area contributed by atoms with Gasteiger partial charge in [-0.3, -0.25) is 14.2 Å². The van der Waals surface area contributed by atoms with Crippen LogP contribution in [0, 0.1) is 31.6 Å². The number of ether oxygens (including phenoxy) is 1. The zero-order valence-electron chi connectivity index (χ0n) is 25.6. The van der Waals surface area contributed by atoms with Gasteiger partial charge >= 0.3 is 17.6 Å². The van der Waals surface area contributed by atoms with E-state index in [0.29, 0.717) is 10.5 Å². The first kappa shape index (κ1) is 34.1. The number of carboxylic acids is 1. The first-order chi connectivity index (χ1) is 21.4. The number of aliphatic carboxylic acids is 1. The molecule has 0 saturated heterocycles. The average Bonchev–Trinajstić information content (AvgIpc) is 2.99. The Bertz CT molecular complexity index is 1910. The molecule has 1 aromatic heterocycles. The van der Waals surface area contributed by atoms with Crippen LogP contribution < -0.4 is 5.56 Å². The summed E-state index contributed by atoms with van der Waals surface area (Å²) in [6, 6.07) is 8.83. The molecule has 8 nitrogen and oxygen atoms in total. The van der Waals surface area contributed by atoms with Gasteiger partial charge < -0.3 is 9.84 Å². The van der Waals surface area contributed by atoms with Crippen LogP contribution in [0.3, 0.4) is 0 Å². The van der Waals surface area contributed by atoms with Crippen molar-refractivity contribution in [2.75, 3.05) is 6.54 Å². The number of nitrogens with zero attached hydrogens (tertiary/aromatic N) is 3. The van der Waals surface area contributed by atoms with E-state index in [9.17, 15) is 23.9 Å². The van der Waals surface area contributed by atoms with Gasteiger partial charge in [-0.2, -0.15) is 0 Å². The Morgan fingerprint density at radius 1 is 1.09 bits per heavy atom. The lowest BCUT2D eigenvalue weighted by Gasteiger charge is -2.46. The number of fused-ring (bicyclic) bond motifs is 1. The minimum absolute atomic E-state index is 0.0536. The van der Waals surface area contributed by atoms with Crippen LogP contribution in [-0.2, 0) is 27.6 Å². The highest BCUT2D eigenvalue weighted by Gasteiger charge is 2.72. The number of aromatic nitrogens is 2. The number of carbonyl (C=O) groups excluding carboxylic acids is 1. The number of allylic oxidation sites excluding steroid dienone is 2. The van der Waals surface area contributed by atoms with E-state index >= 15 is 17.6 Å². The van der Waals surface area contributed by atoms with E-state index in [2.05, 4.69) is 4.98 Å². The van der Waals surface area contributed by atoms with Crippen molar-refractivity contribution in [3.05, 3.63) is 92.8 Å². The Balaban J connectivity index is 1.92. The molecular weight excluding hydrogens is 613 g/mol. The molecule has 0 amide bonds. The number of rotatable bonds is 8. The van der Waals surface area contributed by atoms with Crippen LogP contribution >= 0.6 is 0 Å². The molecule has 2 unspecified atom stereocenters. The number of terminal acetylenes is 1. The third kappa shape index (κ3) is 5.47. The van der Waals surface area contributed by atoms with Crippen LogP contribution in [0.4, 0.5) is 22.0 Å². The van der Waals surface area contributed by atoms with Crippen LogP contribution in [0.2, 0.25) is 0 Å². The van der Waals surface area contributed by atoms with Crippen LogP contribution in [0.1, 0.15) is 43.3 Å². The molecule has 2 aromatic carbocycles. The highest BCUT2D eigenvalue weighted by molar-refractivity contribution is 5.93. The van der Waals surface area contributed by atoms with Gasteiger partial charge in [-0.05, 0) is 63.4 Å². The van der Waals surface area contributed by atoms with E-state index in [1.165, 1.54) is 44.2 Å². The second-order valence-corrected chi connectivity index (χ2v) is 11.8. The topological polar surface area (TPSA) is 102 Å².